The van der Waals surface area contributed by atoms with E-state index in [1.54, 1.807) is 18.2 Å². The molecule has 0 unspecified atom stereocenters. The predicted molar refractivity (Wildman–Crippen MR) is 120 cm³/mol. The van der Waals surface area contributed by atoms with Gasteiger partial charge in [-0.2, -0.15) is 0 Å². The number of nitrogens with one attached hydrogen (secondary N) is 1. The number of carbonyl (C=O) groups is 1. The lowest BCUT2D eigenvalue weighted by Crippen LogP contribution is -2.25. The number of thioether (sulfide) groups is 1. The van der Waals surface area contributed by atoms with Gasteiger partial charge < -0.3 is 5.32 Å². The average Bonchev–Trinajstić information content (AvgIpc) is 3.21. The van der Waals surface area contributed by atoms with Crippen LogP contribution >= 0.6 is 11.8 Å². The Balaban J connectivity index is 1.57. The number of hydrogen-bond donors (Lipinski definition) is 1. The molecule has 0 fully saturated rings. The van der Waals surface area contributed by atoms with E-state index < -0.39 is 11.7 Å². The zero-order valence-corrected chi connectivity index (χ0v) is 18.1. The third kappa shape index (κ3) is 5.03. The summed E-state index contributed by atoms with van der Waals surface area (Å²) in [6.45, 7) is 2.07. The second kappa shape index (κ2) is 9.74. The molecule has 0 atom stereocenters. The summed E-state index contributed by atoms with van der Waals surface area (Å²) in [5.74, 6) is -0.302. The topological polar surface area (TPSA) is 59.8 Å². The highest BCUT2D eigenvalue weighted by molar-refractivity contribution is 7.98. The van der Waals surface area contributed by atoms with Crippen molar-refractivity contribution in [2.24, 2.45) is 0 Å². The van der Waals surface area contributed by atoms with E-state index in [1.165, 1.54) is 42.1 Å². The summed E-state index contributed by atoms with van der Waals surface area (Å²) in [5, 5.41) is 11.9. The van der Waals surface area contributed by atoms with Gasteiger partial charge in [0.15, 0.2) is 11.0 Å². The van der Waals surface area contributed by atoms with Crippen LogP contribution in [0.15, 0.2) is 78.0 Å². The molecule has 8 heteroatoms. The van der Waals surface area contributed by atoms with Gasteiger partial charge in [0.25, 0.3) is 5.91 Å². The van der Waals surface area contributed by atoms with Crippen LogP contribution in [0.2, 0.25) is 0 Å². The summed E-state index contributed by atoms with van der Waals surface area (Å²) < 4.78 is 29.0. The fraction of sp³-hybridized carbons (Fsp3) is 0.125. The highest BCUT2D eigenvalue weighted by atomic mass is 32.2. The molecular formula is C24H20F2N4OS. The number of rotatable bonds is 7. The van der Waals surface area contributed by atoms with Crippen LogP contribution in [-0.2, 0) is 12.3 Å². The Morgan fingerprint density at radius 3 is 2.41 bits per heavy atom. The van der Waals surface area contributed by atoms with Gasteiger partial charge in [-0.05, 0) is 48.9 Å². The molecule has 0 aliphatic carbocycles. The van der Waals surface area contributed by atoms with Crippen LogP contribution in [0.3, 0.4) is 0 Å². The molecule has 1 amide bonds. The van der Waals surface area contributed by atoms with Gasteiger partial charge in [-0.15, -0.1) is 10.2 Å². The van der Waals surface area contributed by atoms with Crippen molar-refractivity contribution in [2.75, 3.05) is 0 Å². The first-order valence-electron chi connectivity index (χ1n) is 9.92. The SMILES string of the molecule is Cc1ccc(-n2c(CNC(=O)c3ccccc3F)nnc2SCc2ccc(F)cc2)cc1. The molecule has 0 aliphatic heterocycles. The third-order valence-corrected chi connectivity index (χ3v) is 5.80. The van der Waals surface area contributed by atoms with Crippen LogP contribution in [0.5, 0.6) is 0 Å². The molecule has 1 heterocycles. The average molecular weight is 451 g/mol. The largest absolute Gasteiger partial charge is 0.345 e. The van der Waals surface area contributed by atoms with Crippen molar-refractivity contribution in [2.45, 2.75) is 24.4 Å². The molecule has 32 heavy (non-hydrogen) atoms. The maximum Gasteiger partial charge on any atom is 0.254 e. The first kappa shape index (κ1) is 21.7. The van der Waals surface area contributed by atoms with E-state index in [4.69, 9.17) is 0 Å². The van der Waals surface area contributed by atoms with Crippen molar-refractivity contribution in [3.05, 3.63) is 107 Å². The summed E-state index contributed by atoms with van der Waals surface area (Å²) >= 11 is 1.45. The third-order valence-electron chi connectivity index (χ3n) is 4.80. The Morgan fingerprint density at radius 1 is 0.969 bits per heavy atom. The molecule has 1 N–H and O–H groups in total. The van der Waals surface area contributed by atoms with E-state index in [9.17, 15) is 13.6 Å². The number of nitrogens with zero attached hydrogens (tertiary/aromatic N) is 3. The molecule has 4 aromatic rings. The van der Waals surface area contributed by atoms with Crippen LogP contribution in [0.25, 0.3) is 5.69 Å². The van der Waals surface area contributed by atoms with Gasteiger partial charge >= 0.3 is 0 Å². The number of aryl methyl sites for hydroxylation is 1. The minimum Gasteiger partial charge on any atom is -0.345 e. The van der Waals surface area contributed by atoms with Crippen LogP contribution in [0, 0.1) is 18.6 Å². The van der Waals surface area contributed by atoms with E-state index in [2.05, 4.69) is 15.5 Å². The van der Waals surface area contributed by atoms with Crippen molar-refractivity contribution in [3.8, 4) is 5.69 Å². The monoisotopic (exact) mass is 450 g/mol. The van der Waals surface area contributed by atoms with Crippen LogP contribution in [0.1, 0.15) is 27.3 Å². The summed E-state index contributed by atoms with van der Waals surface area (Å²) in [6.07, 6.45) is 0. The zero-order chi connectivity index (χ0) is 22.5. The Kier molecular flexibility index (Phi) is 6.61. The molecule has 1 aromatic heterocycles. The lowest BCUT2D eigenvalue weighted by Gasteiger charge is -2.12. The predicted octanol–water partition coefficient (Wildman–Crippen LogP) is 5.08. The molecule has 0 spiro atoms. The second-order valence-electron chi connectivity index (χ2n) is 7.15. The fourth-order valence-corrected chi connectivity index (χ4v) is 4.02. The summed E-state index contributed by atoms with van der Waals surface area (Å²) in [6, 6.07) is 20.0. The van der Waals surface area contributed by atoms with Crippen LogP contribution in [0.4, 0.5) is 8.78 Å². The smallest absolute Gasteiger partial charge is 0.254 e. The molecule has 0 aliphatic rings. The van der Waals surface area contributed by atoms with E-state index in [-0.39, 0.29) is 17.9 Å². The molecular weight excluding hydrogens is 430 g/mol. The summed E-state index contributed by atoms with van der Waals surface area (Å²) in [5.41, 5.74) is 2.87. The number of amides is 1. The molecule has 0 saturated heterocycles. The number of hydrogen-bond acceptors (Lipinski definition) is 4. The Hall–Kier alpha value is -3.52. The molecule has 3 aromatic carbocycles. The lowest BCUT2D eigenvalue weighted by atomic mass is 10.2. The minimum atomic E-state index is -0.583. The molecule has 162 valence electrons. The van der Waals surface area contributed by atoms with Gasteiger partial charge in [0, 0.05) is 11.4 Å². The highest BCUT2D eigenvalue weighted by Crippen LogP contribution is 2.26. The second-order valence-corrected chi connectivity index (χ2v) is 8.09. The minimum absolute atomic E-state index is 0.0280. The van der Waals surface area contributed by atoms with Crippen LogP contribution in [-0.4, -0.2) is 20.7 Å². The van der Waals surface area contributed by atoms with Gasteiger partial charge in [0.2, 0.25) is 0 Å². The van der Waals surface area contributed by atoms with Crippen molar-refractivity contribution in [1.82, 2.24) is 20.1 Å². The first-order valence-corrected chi connectivity index (χ1v) is 10.9. The number of carbonyl (C=O) groups excluding carboxylic acids is 1. The number of aromatic nitrogens is 3. The Labute approximate surface area is 188 Å². The Morgan fingerprint density at radius 2 is 1.69 bits per heavy atom. The molecule has 0 radical (unpaired) electrons. The van der Waals surface area contributed by atoms with Gasteiger partial charge in [-0.3, -0.25) is 9.36 Å². The standard InChI is InChI=1S/C24H20F2N4OS/c1-16-6-12-19(13-7-16)30-22(14-27-23(31)20-4-2-3-5-21(20)26)28-29-24(30)32-15-17-8-10-18(25)11-9-17/h2-13H,14-15H2,1H3,(H,27,31). The highest BCUT2D eigenvalue weighted by Gasteiger charge is 2.17. The molecule has 4 rings (SSSR count). The van der Waals surface area contributed by atoms with Crippen molar-refractivity contribution in [1.29, 1.82) is 0 Å². The number of halogens is 2. The maximum absolute atomic E-state index is 13.9. The fourth-order valence-electron chi connectivity index (χ4n) is 3.09. The lowest BCUT2D eigenvalue weighted by molar-refractivity contribution is 0.0945. The van der Waals surface area contributed by atoms with E-state index >= 15 is 0 Å². The van der Waals surface area contributed by atoms with Crippen molar-refractivity contribution in [3.63, 3.8) is 0 Å². The van der Waals surface area contributed by atoms with Gasteiger partial charge in [0.05, 0.1) is 12.1 Å². The van der Waals surface area contributed by atoms with E-state index in [0.29, 0.717) is 16.7 Å². The first-order chi connectivity index (χ1) is 15.5. The van der Waals surface area contributed by atoms with E-state index in [1.807, 2.05) is 35.8 Å². The zero-order valence-electron chi connectivity index (χ0n) is 17.3. The molecule has 5 nitrogen and oxygen atoms in total. The van der Waals surface area contributed by atoms with Crippen molar-refractivity contribution >= 4 is 17.7 Å². The van der Waals surface area contributed by atoms with Crippen molar-refractivity contribution < 1.29 is 13.6 Å². The number of benzene rings is 3. The summed E-state index contributed by atoms with van der Waals surface area (Å²) in [7, 11) is 0. The normalized spacial score (nSPS) is 10.8. The van der Waals surface area contributed by atoms with Gasteiger partial charge in [0.1, 0.15) is 11.6 Å². The summed E-state index contributed by atoms with van der Waals surface area (Å²) in [4.78, 5) is 12.4. The molecule has 0 saturated carbocycles. The maximum atomic E-state index is 13.9. The molecule has 0 bridgehead atoms. The quantitative estimate of drug-likeness (QED) is 0.399. The van der Waals surface area contributed by atoms with Gasteiger partial charge in [-0.25, -0.2) is 8.78 Å². The van der Waals surface area contributed by atoms with E-state index in [0.717, 1.165) is 16.8 Å². The van der Waals surface area contributed by atoms with Gasteiger partial charge in [-0.1, -0.05) is 53.7 Å². The Bertz CT molecular complexity index is 1220. The van der Waals surface area contributed by atoms with Crippen LogP contribution < -0.4 is 5.32 Å².